The van der Waals surface area contributed by atoms with Crippen molar-refractivity contribution in [3.8, 4) is 0 Å². The third-order valence-electron chi connectivity index (χ3n) is 3.50. The number of esters is 2. The molecule has 0 aromatic heterocycles. The molecule has 0 bridgehead atoms. The van der Waals surface area contributed by atoms with Gasteiger partial charge in [0, 0.05) is 5.92 Å². The van der Waals surface area contributed by atoms with Crippen LogP contribution < -0.4 is 0 Å². The van der Waals surface area contributed by atoms with E-state index in [2.05, 4.69) is 0 Å². The van der Waals surface area contributed by atoms with Crippen LogP contribution in [0.1, 0.15) is 23.5 Å². The monoisotopic (exact) mass is 248 g/mol. The standard InChI is InChI=1S/C14H16O4/c1-17-13(15)8-11-10-6-4-3-5-9(10)7-12(11)14(16)18-2/h3-6,11-12H,7-8H2,1-2H3/t11-,12+/m0/s1. The highest BCUT2D eigenvalue weighted by atomic mass is 16.5. The highest BCUT2D eigenvalue weighted by Crippen LogP contribution is 2.40. The van der Waals surface area contributed by atoms with E-state index in [1.54, 1.807) is 0 Å². The number of fused-ring (bicyclic) bond motifs is 1. The summed E-state index contributed by atoms with van der Waals surface area (Å²) in [5.74, 6) is -0.988. The molecule has 96 valence electrons. The van der Waals surface area contributed by atoms with Crippen LogP contribution in [-0.4, -0.2) is 26.2 Å². The zero-order valence-electron chi connectivity index (χ0n) is 10.5. The Kier molecular flexibility index (Phi) is 3.65. The minimum Gasteiger partial charge on any atom is -0.469 e. The van der Waals surface area contributed by atoms with E-state index in [9.17, 15) is 9.59 Å². The molecule has 2 atom stereocenters. The van der Waals surface area contributed by atoms with Crippen LogP contribution in [0.25, 0.3) is 0 Å². The van der Waals surface area contributed by atoms with Gasteiger partial charge in [0.1, 0.15) is 0 Å². The molecule has 0 unspecified atom stereocenters. The van der Waals surface area contributed by atoms with Crippen LogP contribution in [0.2, 0.25) is 0 Å². The average molecular weight is 248 g/mol. The van der Waals surface area contributed by atoms with Gasteiger partial charge in [-0.15, -0.1) is 0 Å². The van der Waals surface area contributed by atoms with Gasteiger partial charge in [0.25, 0.3) is 0 Å². The molecular weight excluding hydrogens is 232 g/mol. The Labute approximate surface area is 106 Å². The zero-order chi connectivity index (χ0) is 13.1. The Balaban J connectivity index is 2.29. The lowest BCUT2D eigenvalue weighted by molar-refractivity contribution is -0.147. The first kappa shape index (κ1) is 12.6. The van der Waals surface area contributed by atoms with Crippen LogP contribution in [0.4, 0.5) is 0 Å². The summed E-state index contributed by atoms with van der Waals surface area (Å²) < 4.78 is 9.52. The number of methoxy groups -OCH3 is 2. The molecule has 0 N–H and O–H groups in total. The van der Waals surface area contributed by atoms with E-state index in [0.29, 0.717) is 6.42 Å². The van der Waals surface area contributed by atoms with E-state index < -0.39 is 0 Å². The molecule has 18 heavy (non-hydrogen) atoms. The van der Waals surface area contributed by atoms with Gasteiger partial charge >= 0.3 is 11.9 Å². The summed E-state index contributed by atoms with van der Waals surface area (Å²) in [6, 6.07) is 7.81. The number of carbonyl (C=O) groups is 2. The van der Waals surface area contributed by atoms with E-state index in [4.69, 9.17) is 9.47 Å². The summed E-state index contributed by atoms with van der Waals surface area (Å²) in [5, 5.41) is 0. The summed E-state index contributed by atoms with van der Waals surface area (Å²) in [5.41, 5.74) is 2.17. The van der Waals surface area contributed by atoms with E-state index in [0.717, 1.165) is 11.1 Å². The molecule has 4 nitrogen and oxygen atoms in total. The van der Waals surface area contributed by atoms with Crippen molar-refractivity contribution in [1.29, 1.82) is 0 Å². The van der Waals surface area contributed by atoms with Gasteiger partial charge in [0.2, 0.25) is 0 Å². The van der Waals surface area contributed by atoms with Crippen molar-refractivity contribution in [2.75, 3.05) is 14.2 Å². The lowest BCUT2D eigenvalue weighted by Gasteiger charge is -2.17. The van der Waals surface area contributed by atoms with Crippen molar-refractivity contribution in [2.24, 2.45) is 5.92 Å². The number of ether oxygens (including phenoxy) is 2. The molecule has 0 aliphatic heterocycles. The minimum absolute atomic E-state index is 0.138. The third kappa shape index (κ3) is 2.23. The van der Waals surface area contributed by atoms with E-state index >= 15 is 0 Å². The van der Waals surface area contributed by atoms with Crippen molar-refractivity contribution in [2.45, 2.75) is 18.8 Å². The topological polar surface area (TPSA) is 52.6 Å². The molecule has 1 aliphatic carbocycles. The highest BCUT2D eigenvalue weighted by Gasteiger charge is 2.38. The zero-order valence-corrected chi connectivity index (χ0v) is 10.5. The normalized spacial score (nSPS) is 21.2. The number of hydrogen-bond acceptors (Lipinski definition) is 4. The largest absolute Gasteiger partial charge is 0.469 e. The number of hydrogen-bond donors (Lipinski definition) is 0. The van der Waals surface area contributed by atoms with Gasteiger partial charge in [-0.1, -0.05) is 24.3 Å². The molecule has 4 heteroatoms. The summed E-state index contributed by atoms with van der Waals surface area (Å²) in [4.78, 5) is 23.2. The van der Waals surface area contributed by atoms with Gasteiger partial charge in [0.05, 0.1) is 26.6 Å². The molecular formula is C14H16O4. The van der Waals surface area contributed by atoms with Crippen molar-refractivity contribution in [3.63, 3.8) is 0 Å². The van der Waals surface area contributed by atoms with Gasteiger partial charge in [0.15, 0.2) is 0 Å². The maximum atomic E-state index is 11.8. The second-order valence-electron chi connectivity index (χ2n) is 4.42. The van der Waals surface area contributed by atoms with E-state index in [1.807, 2.05) is 24.3 Å². The van der Waals surface area contributed by atoms with E-state index in [-0.39, 0.29) is 30.2 Å². The Morgan fingerprint density at radius 1 is 1.22 bits per heavy atom. The van der Waals surface area contributed by atoms with Crippen LogP contribution in [0.3, 0.4) is 0 Å². The van der Waals surface area contributed by atoms with Gasteiger partial charge in [-0.2, -0.15) is 0 Å². The second-order valence-corrected chi connectivity index (χ2v) is 4.42. The lowest BCUT2D eigenvalue weighted by Crippen LogP contribution is -2.23. The summed E-state index contributed by atoms with van der Waals surface area (Å²) in [6.07, 6.45) is 0.845. The van der Waals surface area contributed by atoms with Crippen LogP contribution >= 0.6 is 0 Å². The van der Waals surface area contributed by atoms with Crippen molar-refractivity contribution in [3.05, 3.63) is 35.4 Å². The summed E-state index contributed by atoms with van der Waals surface area (Å²) >= 11 is 0. The Morgan fingerprint density at radius 2 is 1.94 bits per heavy atom. The van der Waals surface area contributed by atoms with Gasteiger partial charge in [-0.3, -0.25) is 9.59 Å². The molecule has 0 radical (unpaired) electrons. The molecule has 1 aromatic carbocycles. The summed E-state index contributed by atoms with van der Waals surface area (Å²) in [6.45, 7) is 0. The highest BCUT2D eigenvalue weighted by molar-refractivity contribution is 5.78. The molecule has 1 aromatic rings. The fourth-order valence-electron chi connectivity index (χ4n) is 2.59. The first-order chi connectivity index (χ1) is 8.67. The van der Waals surface area contributed by atoms with Crippen LogP contribution in [-0.2, 0) is 25.5 Å². The molecule has 0 saturated heterocycles. The predicted octanol–water partition coefficient (Wildman–Crippen LogP) is 1.68. The molecule has 1 aliphatic rings. The molecule has 0 amide bonds. The van der Waals surface area contributed by atoms with Crippen molar-refractivity contribution >= 4 is 11.9 Å². The van der Waals surface area contributed by atoms with Crippen LogP contribution in [0.15, 0.2) is 24.3 Å². The van der Waals surface area contributed by atoms with Gasteiger partial charge < -0.3 is 9.47 Å². The SMILES string of the molecule is COC(=O)C[C@H]1c2ccccc2C[C@H]1C(=O)OC. The van der Waals surface area contributed by atoms with E-state index in [1.165, 1.54) is 14.2 Å². The number of rotatable bonds is 3. The first-order valence-corrected chi connectivity index (χ1v) is 5.89. The number of benzene rings is 1. The summed E-state index contributed by atoms with van der Waals surface area (Å²) in [7, 11) is 2.73. The predicted molar refractivity (Wildman–Crippen MR) is 65.0 cm³/mol. The van der Waals surface area contributed by atoms with Crippen molar-refractivity contribution in [1.82, 2.24) is 0 Å². The Bertz CT molecular complexity index is 467. The van der Waals surface area contributed by atoms with Crippen LogP contribution in [0.5, 0.6) is 0 Å². The van der Waals surface area contributed by atoms with Gasteiger partial charge in [-0.05, 0) is 17.5 Å². The second kappa shape index (κ2) is 5.21. The van der Waals surface area contributed by atoms with Crippen molar-refractivity contribution < 1.29 is 19.1 Å². The molecule has 0 heterocycles. The molecule has 0 fully saturated rings. The smallest absolute Gasteiger partial charge is 0.309 e. The van der Waals surface area contributed by atoms with Gasteiger partial charge in [-0.25, -0.2) is 0 Å². The fourth-order valence-corrected chi connectivity index (χ4v) is 2.59. The number of carbonyl (C=O) groups excluding carboxylic acids is 2. The lowest BCUT2D eigenvalue weighted by atomic mass is 9.89. The first-order valence-electron chi connectivity index (χ1n) is 5.89. The third-order valence-corrected chi connectivity index (χ3v) is 3.50. The Hall–Kier alpha value is -1.84. The average Bonchev–Trinajstić information content (AvgIpc) is 2.77. The van der Waals surface area contributed by atoms with Crippen LogP contribution in [0, 0.1) is 5.92 Å². The molecule has 0 spiro atoms. The Morgan fingerprint density at radius 3 is 2.61 bits per heavy atom. The molecule has 2 rings (SSSR count). The quantitative estimate of drug-likeness (QED) is 0.764. The maximum Gasteiger partial charge on any atom is 0.309 e. The fraction of sp³-hybridized carbons (Fsp3) is 0.429. The minimum atomic E-state index is -0.300. The maximum absolute atomic E-state index is 11.8. The molecule has 0 saturated carbocycles.